The lowest BCUT2D eigenvalue weighted by atomic mass is 10.8. The van der Waals surface area contributed by atoms with Crippen LogP contribution in [-0.2, 0) is 0 Å². The summed E-state index contributed by atoms with van der Waals surface area (Å²) in [7, 11) is 1.59. The Kier molecular flexibility index (Phi) is 3.35. The second-order valence-corrected chi connectivity index (χ2v) is 0.605. The van der Waals surface area contributed by atoms with Crippen LogP contribution in [0.2, 0.25) is 0 Å². The molecule has 0 aromatic heterocycles. The normalized spacial score (nSPS) is 4.17. The number of hydrogen-bond donors (Lipinski definition) is 0. The van der Waals surface area contributed by atoms with Crippen LogP contribution in [0.25, 0.3) is 0 Å². The molecule has 0 aromatic rings. The first-order valence-corrected chi connectivity index (χ1v) is 1.46. The van der Waals surface area contributed by atoms with Gasteiger partial charge in [-0.2, -0.15) is 0 Å². The van der Waals surface area contributed by atoms with Crippen LogP contribution in [0.1, 0.15) is 0 Å². The highest BCUT2D eigenvalue weighted by Gasteiger charge is 1.22. The van der Waals surface area contributed by atoms with Crippen molar-refractivity contribution in [2.24, 2.45) is 4.99 Å². The molecular weight excluding hydrogens is 74.1 g/mol. The highest BCUT2D eigenvalue weighted by Crippen LogP contribution is 1.39. The van der Waals surface area contributed by atoms with Crippen LogP contribution in [0.4, 0.5) is 0 Å². The predicted octanol–water partition coefficient (Wildman–Crippen LogP) is 0.585. The Hall–Kier alpha value is -0.990. The highest BCUT2D eigenvalue weighted by atomic mass is 14.6. The Balaban J connectivity index is 4.19. The molecule has 0 amide bonds. The maximum Gasteiger partial charge on any atom is 0.0360 e. The molecule has 0 heterocycles. The van der Waals surface area contributed by atoms with Crippen LogP contribution in [-0.4, -0.2) is 12.9 Å². The van der Waals surface area contributed by atoms with E-state index >= 15 is 0 Å². The fraction of sp³-hybridized carbons (Fsp3) is 0.200. The van der Waals surface area contributed by atoms with Gasteiger partial charge in [0, 0.05) is 7.05 Å². The molecule has 0 rings (SSSR count). The van der Waals surface area contributed by atoms with E-state index in [1.807, 2.05) is 0 Å². The molecule has 0 aromatic carbocycles. The molecular formula is C5H4N-. The first-order chi connectivity index (χ1) is 2.91. The lowest BCUT2D eigenvalue weighted by Gasteiger charge is -1.54. The molecule has 0 radical (unpaired) electrons. The van der Waals surface area contributed by atoms with Crippen molar-refractivity contribution in [1.82, 2.24) is 0 Å². The summed E-state index contributed by atoms with van der Waals surface area (Å²) >= 11 is 0. The van der Waals surface area contributed by atoms with Crippen molar-refractivity contribution in [3.63, 3.8) is 0 Å². The fourth-order valence-electron chi connectivity index (χ4n) is 0.0882. The Morgan fingerprint density at radius 2 is 2.33 bits per heavy atom. The van der Waals surface area contributed by atoms with E-state index in [1.165, 1.54) is 0 Å². The van der Waals surface area contributed by atoms with E-state index in [0.29, 0.717) is 0 Å². The monoisotopic (exact) mass is 78.0 g/mol. The van der Waals surface area contributed by atoms with E-state index in [4.69, 9.17) is 6.58 Å². The summed E-state index contributed by atoms with van der Waals surface area (Å²) in [5.41, 5.74) is 4.42. The van der Waals surface area contributed by atoms with Crippen molar-refractivity contribution in [1.29, 1.82) is 0 Å². The third-order valence-corrected chi connectivity index (χ3v) is 0.240. The van der Waals surface area contributed by atoms with Crippen LogP contribution >= 0.6 is 0 Å². The van der Waals surface area contributed by atoms with Gasteiger partial charge in [-0.15, -0.1) is 0 Å². The molecule has 0 atom stereocenters. The van der Waals surface area contributed by atoms with Gasteiger partial charge in [-0.3, -0.25) is 10.7 Å². The maximum absolute atomic E-state index is 4.73. The Bertz CT molecular complexity index is 128. The molecule has 0 saturated carbocycles. The van der Waals surface area contributed by atoms with Crippen molar-refractivity contribution >= 4 is 5.87 Å². The van der Waals surface area contributed by atoms with E-state index in [0.717, 1.165) is 0 Å². The molecule has 1 nitrogen and oxygen atoms in total. The van der Waals surface area contributed by atoms with Crippen LogP contribution in [0.15, 0.2) is 16.5 Å². The molecule has 0 N–H and O–H groups in total. The van der Waals surface area contributed by atoms with E-state index < -0.39 is 0 Å². The van der Waals surface area contributed by atoms with Gasteiger partial charge in [0.05, 0.1) is 0 Å². The van der Waals surface area contributed by atoms with E-state index in [9.17, 15) is 0 Å². The lowest BCUT2D eigenvalue weighted by Crippen LogP contribution is -1.39. The summed E-state index contributed by atoms with van der Waals surface area (Å²) in [6, 6.07) is 0. The van der Waals surface area contributed by atoms with Crippen molar-refractivity contribution in [3.8, 4) is 0 Å². The zero-order valence-corrected chi connectivity index (χ0v) is 3.52. The van der Waals surface area contributed by atoms with Crippen LogP contribution < -0.4 is 0 Å². The molecule has 6 heavy (non-hydrogen) atoms. The Morgan fingerprint density at radius 3 is 2.50 bits per heavy atom. The SMILES string of the molecule is [CH-]=C=C=C=NC. The molecule has 0 aliphatic heterocycles. The highest BCUT2D eigenvalue weighted by molar-refractivity contribution is 5.49. The molecule has 0 bridgehead atoms. The standard InChI is InChI=1S/C5H4N/c1-3-4-5-6-2/h1H,2H3/q-1. The van der Waals surface area contributed by atoms with Gasteiger partial charge < -0.3 is 0 Å². The summed E-state index contributed by atoms with van der Waals surface area (Å²) in [4.78, 5) is 3.42. The fourth-order valence-corrected chi connectivity index (χ4v) is 0.0882. The number of aliphatic imine (C=N–C) groups is 1. The summed E-state index contributed by atoms with van der Waals surface area (Å²) in [5.74, 6) is 2.34. The van der Waals surface area contributed by atoms with Gasteiger partial charge in [0.1, 0.15) is 0 Å². The summed E-state index contributed by atoms with van der Waals surface area (Å²) < 4.78 is 0. The van der Waals surface area contributed by atoms with Gasteiger partial charge in [-0.1, -0.05) is 5.87 Å². The van der Waals surface area contributed by atoms with Gasteiger partial charge in [-0.25, -0.2) is 12.3 Å². The van der Waals surface area contributed by atoms with Gasteiger partial charge in [-0.05, 0) is 0 Å². The van der Waals surface area contributed by atoms with Crippen molar-refractivity contribution in [2.45, 2.75) is 0 Å². The van der Waals surface area contributed by atoms with E-state index in [1.54, 1.807) is 7.05 Å². The first-order valence-electron chi connectivity index (χ1n) is 1.46. The van der Waals surface area contributed by atoms with E-state index in [2.05, 4.69) is 22.3 Å². The smallest absolute Gasteiger partial charge is 0.0360 e. The van der Waals surface area contributed by atoms with Crippen LogP contribution in [0, 0.1) is 6.58 Å². The summed E-state index contributed by atoms with van der Waals surface area (Å²) in [6.45, 7) is 4.73. The predicted molar refractivity (Wildman–Crippen MR) is 24.7 cm³/mol. The number of hydrogen-bond acceptors (Lipinski definition) is 1. The molecule has 0 spiro atoms. The second kappa shape index (κ2) is 4.01. The summed E-state index contributed by atoms with van der Waals surface area (Å²) in [5, 5.41) is 0. The molecule has 0 aliphatic carbocycles. The van der Waals surface area contributed by atoms with Gasteiger partial charge in [0.25, 0.3) is 0 Å². The zero-order chi connectivity index (χ0) is 4.83. The van der Waals surface area contributed by atoms with E-state index in [-0.39, 0.29) is 0 Å². The number of nitrogens with zero attached hydrogens (tertiary/aromatic N) is 1. The quantitative estimate of drug-likeness (QED) is 0.228. The van der Waals surface area contributed by atoms with Crippen molar-refractivity contribution in [2.75, 3.05) is 7.05 Å². The molecule has 0 saturated heterocycles. The third-order valence-electron chi connectivity index (χ3n) is 0.240. The minimum absolute atomic E-state index is 1.59. The largest absolute Gasteiger partial charge is 0.294 e. The molecule has 0 fully saturated rings. The van der Waals surface area contributed by atoms with Crippen LogP contribution in [0.3, 0.4) is 0 Å². The average molecular weight is 78.1 g/mol. The minimum atomic E-state index is 1.59. The van der Waals surface area contributed by atoms with Gasteiger partial charge in [0.2, 0.25) is 0 Å². The Labute approximate surface area is 37.0 Å². The second-order valence-electron chi connectivity index (χ2n) is 0.605. The minimum Gasteiger partial charge on any atom is -0.294 e. The van der Waals surface area contributed by atoms with Crippen molar-refractivity contribution < 1.29 is 0 Å². The van der Waals surface area contributed by atoms with Gasteiger partial charge in [0.15, 0.2) is 0 Å². The topological polar surface area (TPSA) is 12.4 Å². The Morgan fingerprint density at radius 1 is 1.67 bits per heavy atom. The van der Waals surface area contributed by atoms with Crippen molar-refractivity contribution in [3.05, 3.63) is 18.0 Å². The molecule has 0 aliphatic rings. The zero-order valence-electron chi connectivity index (χ0n) is 3.52. The third kappa shape index (κ3) is 3.01. The maximum atomic E-state index is 4.73. The molecule has 0 unspecified atom stereocenters. The molecule has 30 valence electrons. The lowest BCUT2D eigenvalue weighted by molar-refractivity contribution is 1.49. The van der Waals surface area contributed by atoms with Gasteiger partial charge >= 0.3 is 0 Å². The average Bonchev–Trinajstić information content (AvgIpc) is 1.61. The molecule has 1 heteroatoms. The first kappa shape index (κ1) is 5.01. The number of rotatable bonds is 0. The summed E-state index contributed by atoms with van der Waals surface area (Å²) in [6.07, 6.45) is 0. The van der Waals surface area contributed by atoms with Crippen LogP contribution in [0.5, 0.6) is 0 Å².